The Morgan fingerprint density at radius 1 is 1.61 bits per heavy atom. The van der Waals surface area contributed by atoms with E-state index in [0.29, 0.717) is 6.54 Å². The summed E-state index contributed by atoms with van der Waals surface area (Å²) in [5.41, 5.74) is -1.20. The van der Waals surface area contributed by atoms with Crippen LogP contribution in [0.3, 0.4) is 0 Å². The van der Waals surface area contributed by atoms with Crippen LogP contribution < -0.4 is 5.32 Å². The van der Waals surface area contributed by atoms with Gasteiger partial charge < -0.3 is 15.3 Å². The first-order valence-corrected chi connectivity index (χ1v) is 7.00. The number of hydrogen-bond donors (Lipinski definition) is 2. The minimum absolute atomic E-state index is 0.146. The molecule has 0 saturated carbocycles. The maximum Gasteiger partial charge on any atom is 0.329 e. The first-order chi connectivity index (χ1) is 8.32. The lowest BCUT2D eigenvalue weighted by molar-refractivity contribution is -0.147. The van der Waals surface area contributed by atoms with Crippen molar-refractivity contribution in [3.05, 3.63) is 20.8 Å². The third-order valence-corrected chi connectivity index (χ3v) is 4.78. The number of hydrogen-bond acceptors (Lipinski definition) is 3. The van der Waals surface area contributed by atoms with E-state index in [-0.39, 0.29) is 12.1 Å². The highest BCUT2D eigenvalue weighted by Crippen LogP contribution is 2.32. The van der Waals surface area contributed by atoms with Gasteiger partial charge >= 0.3 is 12.0 Å². The van der Waals surface area contributed by atoms with E-state index in [1.807, 2.05) is 12.1 Å². The molecule has 2 N–H and O–H groups in total. The second kappa shape index (κ2) is 4.55. The van der Waals surface area contributed by atoms with Crippen molar-refractivity contribution in [1.82, 2.24) is 10.2 Å². The van der Waals surface area contributed by atoms with Crippen LogP contribution in [0.2, 0.25) is 0 Å². The summed E-state index contributed by atoms with van der Waals surface area (Å²) in [5.74, 6) is -1.01. The highest BCUT2D eigenvalue weighted by Gasteiger charge is 2.43. The predicted molar refractivity (Wildman–Crippen MR) is 71.7 cm³/mol. The Morgan fingerprint density at radius 2 is 2.28 bits per heavy atom. The molecular weight excluding hydrogens is 320 g/mol. The number of amides is 2. The lowest BCUT2D eigenvalue weighted by Gasteiger charge is -2.30. The third-order valence-electron chi connectivity index (χ3n) is 3.04. The fourth-order valence-corrected chi connectivity index (χ4v) is 3.28. The van der Waals surface area contributed by atoms with Crippen LogP contribution in [-0.4, -0.2) is 34.1 Å². The summed E-state index contributed by atoms with van der Waals surface area (Å²) >= 11 is 4.91. The van der Waals surface area contributed by atoms with Gasteiger partial charge in [-0.15, -0.1) is 11.3 Å². The minimum atomic E-state index is -1.20. The van der Waals surface area contributed by atoms with E-state index < -0.39 is 11.5 Å². The minimum Gasteiger partial charge on any atom is -0.480 e. The van der Waals surface area contributed by atoms with Crippen molar-refractivity contribution in [2.24, 2.45) is 0 Å². The number of carboxylic acids is 1. The summed E-state index contributed by atoms with van der Waals surface area (Å²) in [6.45, 7) is 3.42. The molecule has 18 heavy (non-hydrogen) atoms. The SMILES string of the molecule is CC(C)(C(=O)O)N1CC(c2ccc(Br)s2)NC1=O. The summed E-state index contributed by atoms with van der Waals surface area (Å²) in [7, 11) is 0. The van der Waals surface area contributed by atoms with Crippen LogP contribution >= 0.6 is 27.3 Å². The Bertz CT molecular complexity index is 500. The van der Waals surface area contributed by atoms with Gasteiger partial charge in [-0.05, 0) is 41.9 Å². The molecular formula is C11H13BrN2O3S. The fourth-order valence-electron chi connectivity index (χ4n) is 1.81. The average molecular weight is 333 g/mol. The second-order valence-corrected chi connectivity index (χ2v) is 7.11. The maximum atomic E-state index is 11.9. The summed E-state index contributed by atoms with van der Waals surface area (Å²) < 4.78 is 0.989. The van der Waals surface area contributed by atoms with Gasteiger partial charge in [0.05, 0.1) is 9.83 Å². The second-order valence-electron chi connectivity index (χ2n) is 4.62. The van der Waals surface area contributed by atoms with Gasteiger partial charge in [-0.3, -0.25) is 0 Å². The first kappa shape index (κ1) is 13.4. The predicted octanol–water partition coefficient (Wildman–Crippen LogP) is 2.44. The lowest BCUT2D eigenvalue weighted by Crippen LogP contribution is -2.51. The van der Waals surface area contributed by atoms with Gasteiger partial charge in [-0.2, -0.15) is 0 Å². The molecule has 1 saturated heterocycles. The zero-order valence-corrected chi connectivity index (χ0v) is 12.3. The fraction of sp³-hybridized carbons (Fsp3) is 0.455. The van der Waals surface area contributed by atoms with Crippen LogP contribution in [0.25, 0.3) is 0 Å². The van der Waals surface area contributed by atoms with E-state index in [1.54, 1.807) is 0 Å². The molecule has 2 rings (SSSR count). The molecule has 0 bridgehead atoms. The number of carboxylic acid groups (broad SMARTS) is 1. The summed E-state index contributed by atoms with van der Waals surface area (Å²) in [6, 6.07) is 3.36. The van der Waals surface area contributed by atoms with Crippen LogP contribution in [0.5, 0.6) is 0 Å². The van der Waals surface area contributed by atoms with Crippen LogP contribution in [0.1, 0.15) is 24.8 Å². The first-order valence-electron chi connectivity index (χ1n) is 5.39. The molecule has 98 valence electrons. The van der Waals surface area contributed by atoms with Gasteiger partial charge in [0.2, 0.25) is 0 Å². The monoisotopic (exact) mass is 332 g/mol. The molecule has 1 aliphatic rings. The Balaban J connectivity index is 2.19. The molecule has 0 spiro atoms. The third kappa shape index (κ3) is 2.24. The van der Waals surface area contributed by atoms with Crippen molar-refractivity contribution in [3.63, 3.8) is 0 Å². The highest BCUT2D eigenvalue weighted by molar-refractivity contribution is 9.11. The number of carbonyl (C=O) groups is 2. The number of nitrogens with zero attached hydrogens (tertiary/aromatic N) is 1. The number of halogens is 1. The number of rotatable bonds is 3. The summed E-state index contributed by atoms with van der Waals surface area (Å²) in [5, 5.41) is 12.0. The van der Waals surface area contributed by atoms with Gasteiger partial charge in [0.1, 0.15) is 5.54 Å². The Hall–Kier alpha value is -1.08. The topological polar surface area (TPSA) is 69.6 Å². The van der Waals surface area contributed by atoms with Crippen LogP contribution in [0.15, 0.2) is 15.9 Å². The zero-order valence-electron chi connectivity index (χ0n) is 9.94. The standard InChI is InChI=1S/C11H13BrN2O3S/c1-11(2,9(15)16)14-5-6(13-10(14)17)7-3-4-8(12)18-7/h3-4,6H,5H2,1-2H3,(H,13,17)(H,15,16). The maximum absolute atomic E-state index is 11.9. The molecule has 0 radical (unpaired) electrons. The van der Waals surface area contributed by atoms with Crippen LogP contribution in [0, 0.1) is 0 Å². The van der Waals surface area contributed by atoms with E-state index in [2.05, 4.69) is 21.2 Å². The number of urea groups is 1. The van der Waals surface area contributed by atoms with Crippen molar-refractivity contribution in [3.8, 4) is 0 Å². The lowest BCUT2D eigenvalue weighted by atomic mass is 10.0. The molecule has 1 aromatic rings. The van der Waals surface area contributed by atoms with Crippen molar-refractivity contribution in [1.29, 1.82) is 0 Å². The Kier molecular flexibility index (Phi) is 3.37. The Labute approximate surface area is 117 Å². The largest absolute Gasteiger partial charge is 0.480 e. The van der Waals surface area contributed by atoms with Gasteiger partial charge in [0.15, 0.2) is 0 Å². The molecule has 1 atom stereocenters. The number of carbonyl (C=O) groups excluding carboxylic acids is 1. The smallest absolute Gasteiger partial charge is 0.329 e. The molecule has 1 aliphatic heterocycles. The molecule has 7 heteroatoms. The molecule has 0 aromatic carbocycles. The van der Waals surface area contributed by atoms with Crippen molar-refractivity contribution < 1.29 is 14.7 Å². The molecule has 2 heterocycles. The molecule has 5 nitrogen and oxygen atoms in total. The van der Waals surface area contributed by atoms with Crippen molar-refractivity contribution in [2.75, 3.05) is 6.54 Å². The van der Waals surface area contributed by atoms with Gasteiger partial charge in [-0.25, -0.2) is 9.59 Å². The average Bonchev–Trinajstić information content (AvgIpc) is 2.84. The number of thiophene rings is 1. The summed E-state index contributed by atoms with van der Waals surface area (Å²) in [4.78, 5) is 25.4. The van der Waals surface area contributed by atoms with Crippen molar-refractivity contribution in [2.45, 2.75) is 25.4 Å². The highest BCUT2D eigenvalue weighted by atomic mass is 79.9. The molecule has 2 amide bonds. The molecule has 1 aromatic heterocycles. The van der Waals surface area contributed by atoms with E-state index in [4.69, 9.17) is 5.11 Å². The van der Waals surface area contributed by atoms with Crippen LogP contribution in [0.4, 0.5) is 4.79 Å². The van der Waals surface area contributed by atoms with Crippen molar-refractivity contribution >= 4 is 39.3 Å². The van der Waals surface area contributed by atoms with E-state index in [0.717, 1.165) is 8.66 Å². The van der Waals surface area contributed by atoms with E-state index in [1.165, 1.54) is 30.1 Å². The number of nitrogens with one attached hydrogen (secondary N) is 1. The summed E-state index contributed by atoms with van der Waals surface area (Å²) in [6.07, 6.45) is 0. The normalized spacial score (nSPS) is 20.1. The van der Waals surface area contributed by atoms with E-state index >= 15 is 0 Å². The van der Waals surface area contributed by atoms with Gasteiger partial charge in [0.25, 0.3) is 0 Å². The quantitative estimate of drug-likeness (QED) is 0.893. The molecule has 1 unspecified atom stereocenters. The van der Waals surface area contributed by atoms with E-state index in [9.17, 15) is 9.59 Å². The Morgan fingerprint density at radius 3 is 2.78 bits per heavy atom. The molecule has 0 aliphatic carbocycles. The van der Waals surface area contributed by atoms with Crippen LogP contribution in [-0.2, 0) is 4.79 Å². The van der Waals surface area contributed by atoms with Gasteiger partial charge in [0, 0.05) is 11.4 Å². The van der Waals surface area contributed by atoms with Gasteiger partial charge in [-0.1, -0.05) is 0 Å². The number of aliphatic carboxylic acids is 1. The molecule has 1 fully saturated rings. The zero-order chi connectivity index (χ0) is 13.5.